The highest BCUT2D eigenvalue weighted by atomic mass is 16.7. The Labute approximate surface area is 200 Å². The summed E-state index contributed by atoms with van der Waals surface area (Å²) in [6, 6.07) is 0. The van der Waals surface area contributed by atoms with Crippen LogP contribution >= 0.6 is 0 Å². The van der Waals surface area contributed by atoms with Crippen LogP contribution in [0.4, 0.5) is 0 Å². The Morgan fingerprint density at radius 2 is 1.03 bits per heavy atom. The minimum atomic E-state index is -1.39. The van der Waals surface area contributed by atoms with Crippen molar-refractivity contribution in [1.82, 2.24) is 5.32 Å². The molecule has 0 aliphatic rings. The second kappa shape index (κ2) is 20.9. The quantitative estimate of drug-likeness (QED) is 0.130. The topological polar surface area (TPSA) is 73.6 Å². The van der Waals surface area contributed by atoms with Gasteiger partial charge in [-0.25, -0.2) is 0 Å². The Hall–Kier alpha value is -0.650. The summed E-state index contributed by atoms with van der Waals surface area (Å²) in [5.41, 5.74) is 5.86. The van der Waals surface area contributed by atoms with Crippen molar-refractivity contribution in [2.24, 2.45) is 5.73 Å². The molecule has 1 amide bonds. The predicted molar refractivity (Wildman–Crippen MR) is 137 cm³/mol. The van der Waals surface area contributed by atoms with Gasteiger partial charge in [-0.05, 0) is 34.1 Å². The maximum absolute atomic E-state index is 12.7. The first-order valence-corrected chi connectivity index (χ1v) is 13.7. The predicted octanol–water partition coefficient (Wildman–Crippen LogP) is 6.87. The van der Waals surface area contributed by atoms with Gasteiger partial charge in [-0.2, -0.15) is 0 Å². The fourth-order valence-corrected chi connectivity index (χ4v) is 4.09. The third-order valence-corrected chi connectivity index (χ3v) is 5.78. The Bertz CT molecular complexity index is 417. The number of rotatable bonds is 23. The highest BCUT2D eigenvalue weighted by molar-refractivity contribution is 5.84. The molecule has 0 saturated carbocycles. The zero-order valence-electron chi connectivity index (χ0n) is 22.2. The molecule has 0 rings (SSSR count). The summed E-state index contributed by atoms with van der Waals surface area (Å²) in [6.45, 7) is 10.5. The highest BCUT2D eigenvalue weighted by Gasteiger charge is 2.41. The average Bonchev–Trinajstić information content (AvgIpc) is 2.74. The molecule has 0 heterocycles. The Morgan fingerprint density at radius 3 is 1.34 bits per heavy atom. The van der Waals surface area contributed by atoms with Crippen molar-refractivity contribution in [2.45, 2.75) is 155 Å². The molecule has 192 valence electrons. The molecular weight excluding hydrogens is 400 g/mol. The van der Waals surface area contributed by atoms with Crippen LogP contribution in [0.15, 0.2) is 0 Å². The first-order chi connectivity index (χ1) is 15.4. The van der Waals surface area contributed by atoms with Crippen molar-refractivity contribution in [3.8, 4) is 0 Å². The number of carbonyl (C=O) groups is 1. The molecule has 0 radical (unpaired) electrons. The Balaban J connectivity index is 3.67. The number of ether oxygens (including phenoxy) is 2. The van der Waals surface area contributed by atoms with Crippen LogP contribution in [-0.4, -0.2) is 37.0 Å². The van der Waals surface area contributed by atoms with E-state index in [1.807, 2.05) is 27.7 Å². The fraction of sp³-hybridized carbons (Fsp3) is 0.963. The highest BCUT2D eigenvalue weighted by Crippen LogP contribution is 2.18. The molecule has 32 heavy (non-hydrogen) atoms. The summed E-state index contributed by atoms with van der Waals surface area (Å²) in [5, 5.41) is 2.97. The number of carbonyl (C=O) groups excluding carboxylic acids is 1. The number of amides is 1. The summed E-state index contributed by atoms with van der Waals surface area (Å²) in [6.07, 6.45) is 21.2. The molecule has 0 saturated heterocycles. The largest absolute Gasteiger partial charge is 0.351 e. The summed E-state index contributed by atoms with van der Waals surface area (Å²) in [7, 11) is 0. The molecule has 0 fully saturated rings. The van der Waals surface area contributed by atoms with Gasteiger partial charge >= 0.3 is 0 Å². The van der Waals surface area contributed by atoms with Crippen LogP contribution in [0.1, 0.15) is 137 Å². The molecule has 5 nitrogen and oxygen atoms in total. The number of nitrogens with two attached hydrogens (primary N) is 1. The van der Waals surface area contributed by atoms with Crippen LogP contribution in [0, 0.1) is 0 Å². The van der Waals surface area contributed by atoms with Gasteiger partial charge in [-0.1, -0.05) is 103 Å². The van der Waals surface area contributed by atoms with Gasteiger partial charge in [-0.3, -0.25) is 4.79 Å². The lowest BCUT2D eigenvalue weighted by molar-refractivity contribution is -0.251. The normalized spacial score (nSPS) is 12.1. The molecule has 5 heteroatoms. The first kappa shape index (κ1) is 31.4. The first-order valence-electron chi connectivity index (χ1n) is 13.7. The molecule has 0 aliphatic heterocycles. The third-order valence-electron chi connectivity index (χ3n) is 5.78. The Kier molecular flexibility index (Phi) is 20.5. The van der Waals surface area contributed by atoms with E-state index >= 15 is 0 Å². The lowest BCUT2D eigenvalue weighted by Gasteiger charge is -2.34. The minimum Gasteiger partial charge on any atom is -0.351 e. The van der Waals surface area contributed by atoms with Crippen molar-refractivity contribution in [1.29, 1.82) is 0 Å². The standard InChI is InChI=1S/C27H56N2O3/c1-6-7-8-9-10-11-12-13-14-15-16-17-18-19-20-21-22-29-26(30)27(23-28,31-24(2)3)32-25(4)5/h24-25H,6-23,28H2,1-5H3,(H,29,30). The molecule has 0 aromatic carbocycles. The molecule has 0 aliphatic carbocycles. The third kappa shape index (κ3) is 16.9. The maximum atomic E-state index is 12.7. The maximum Gasteiger partial charge on any atom is 0.281 e. The van der Waals surface area contributed by atoms with Crippen LogP contribution in [-0.2, 0) is 14.3 Å². The van der Waals surface area contributed by atoms with E-state index in [9.17, 15) is 4.79 Å². The zero-order valence-corrected chi connectivity index (χ0v) is 22.2. The van der Waals surface area contributed by atoms with Gasteiger partial charge in [0, 0.05) is 6.54 Å². The van der Waals surface area contributed by atoms with Crippen molar-refractivity contribution in [3.05, 3.63) is 0 Å². The fourth-order valence-electron chi connectivity index (χ4n) is 4.09. The van der Waals surface area contributed by atoms with E-state index in [0.717, 1.165) is 12.8 Å². The summed E-state index contributed by atoms with van der Waals surface area (Å²) in [4.78, 5) is 12.7. The van der Waals surface area contributed by atoms with Gasteiger partial charge in [0.2, 0.25) is 0 Å². The summed E-state index contributed by atoms with van der Waals surface area (Å²) >= 11 is 0. The number of hydrogen-bond donors (Lipinski definition) is 2. The van der Waals surface area contributed by atoms with Crippen molar-refractivity contribution in [3.63, 3.8) is 0 Å². The van der Waals surface area contributed by atoms with Gasteiger partial charge in [-0.15, -0.1) is 0 Å². The second-order valence-electron chi connectivity index (χ2n) is 9.85. The van der Waals surface area contributed by atoms with Crippen LogP contribution in [0.5, 0.6) is 0 Å². The average molecular weight is 457 g/mol. The summed E-state index contributed by atoms with van der Waals surface area (Å²) < 4.78 is 11.6. The second-order valence-corrected chi connectivity index (χ2v) is 9.85. The van der Waals surface area contributed by atoms with Crippen molar-refractivity contribution in [2.75, 3.05) is 13.1 Å². The number of unbranched alkanes of at least 4 members (excludes halogenated alkanes) is 15. The molecule has 0 bridgehead atoms. The van der Waals surface area contributed by atoms with Crippen LogP contribution in [0.2, 0.25) is 0 Å². The number of hydrogen-bond acceptors (Lipinski definition) is 4. The van der Waals surface area contributed by atoms with Crippen LogP contribution in [0.3, 0.4) is 0 Å². The Morgan fingerprint density at radius 1 is 0.688 bits per heavy atom. The molecule has 0 unspecified atom stereocenters. The van der Waals surface area contributed by atoms with E-state index in [4.69, 9.17) is 15.2 Å². The van der Waals surface area contributed by atoms with E-state index < -0.39 is 5.79 Å². The summed E-state index contributed by atoms with van der Waals surface area (Å²) in [5.74, 6) is -1.65. The van der Waals surface area contributed by atoms with Crippen LogP contribution in [0.25, 0.3) is 0 Å². The van der Waals surface area contributed by atoms with E-state index in [-0.39, 0.29) is 24.7 Å². The zero-order chi connectivity index (χ0) is 24.1. The molecule has 0 atom stereocenters. The van der Waals surface area contributed by atoms with Gasteiger partial charge < -0.3 is 20.5 Å². The van der Waals surface area contributed by atoms with Gasteiger partial charge in [0.05, 0.1) is 18.8 Å². The van der Waals surface area contributed by atoms with Crippen molar-refractivity contribution < 1.29 is 14.3 Å². The smallest absolute Gasteiger partial charge is 0.281 e. The molecular formula is C27H56N2O3. The van der Waals surface area contributed by atoms with Crippen LogP contribution < -0.4 is 11.1 Å². The monoisotopic (exact) mass is 456 g/mol. The lowest BCUT2D eigenvalue weighted by atomic mass is 10.0. The van der Waals surface area contributed by atoms with E-state index in [1.54, 1.807) is 0 Å². The van der Waals surface area contributed by atoms with E-state index in [2.05, 4.69) is 12.2 Å². The number of nitrogens with one attached hydrogen (secondary N) is 1. The molecule has 0 aromatic heterocycles. The van der Waals surface area contributed by atoms with E-state index in [0.29, 0.717) is 6.54 Å². The lowest BCUT2D eigenvalue weighted by Crippen LogP contribution is -2.58. The van der Waals surface area contributed by atoms with Gasteiger partial charge in [0.1, 0.15) is 0 Å². The van der Waals surface area contributed by atoms with Crippen molar-refractivity contribution >= 4 is 5.91 Å². The molecule has 3 N–H and O–H groups in total. The van der Waals surface area contributed by atoms with Gasteiger partial charge in [0.25, 0.3) is 11.7 Å². The molecule has 0 aromatic rings. The van der Waals surface area contributed by atoms with E-state index in [1.165, 1.54) is 89.9 Å². The minimum absolute atomic E-state index is 0.00809. The van der Waals surface area contributed by atoms with Gasteiger partial charge in [0.15, 0.2) is 0 Å². The molecule has 0 spiro atoms. The SMILES string of the molecule is CCCCCCCCCCCCCCCCCCNC(=O)C(CN)(OC(C)C)OC(C)C.